The Morgan fingerprint density at radius 2 is 2.09 bits per heavy atom. The predicted molar refractivity (Wildman–Crippen MR) is 95.4 cm³/mol. The van der Waals surface area contributed by atoms with E-state index in [9.17, 15) is 5.11 Å². The second kappa shape index (κ2) is 6.87. The van der Waals surface area contributed by atoms with Crippen LogP contribution in [-0.4, -0.2) is 21.3 Å². The lowest BCUT2D eigenvalue weighted by atomic mass is 10.1. The van der Waals surface area contributed by atoms with Crippen molar-refractivity contribution in [1.29, 1.82) is 0 Å². The fraction of sp³-hybridized carbons (Fsp3) is 0.200. The molecule has 4 nitrogen and oxygen atoms in total. The van der Waals surface area contributed by atoms with Crippen LogP contribution in [0.15, 0.2) is 40.3 Å². The molecule has 114 valence electrons. The van der Waals surface area contributed by atoms with Gasteiger partial charge in [0.05, 0.1) is 15.6 Å². The van der Waals surface area contributed by atoms with Crippen molar-refractivity contribution in [1.82, 2.24) is 9.97 Å². The minimum atomic E-state index is -0.664. The zero-order valence-corrected chi connectivity index (χ0v) is 15.0. The first kappa shape index (κ1) is 15.6. The summed E-state index contributed by atoms with van der Waals surface area (Å²) in [4.78, 5) is 9.78. The highest BCUT2D eigenvalue weighted by Crippen LogP contribution is 2.29. The van der Waals surface area contributed by atoms with Crippen molar-refractivity contribution in [2.24, 2.45) is 0 Å². The molecule has 0 radical (unpaired) electrons. The first-order valence-electron chi connectivity index (χ1n) is 6.67. The van der Waals surface area contributed by atoms with E-state index in [-0.39, 0.29) is 0 Å². The van der Waals surface area contributed by atoms with Gasteiger partial charge in [-0.05, 0) is 24.6 Å². The van der Waals surface area contributed by atoms with Gasteiger partial charge in [-0.15, -0.1) is 22.7 Å². The van der Waals surface area contributed by atoms with E-state index in [4.69, 9.17) is 0 Å². The van der Waals surface area contributed by atoms with Crippen molar-refractivity contribution >= 4 is 43.7 Å². The number of nitrogens with one attached hydrogen (secondary N) is 1. The summed E-state index contributed by atoms with van der Waals surface area (Å²) in [7, 11) is 0. The quantitative estimate of drug-likeness (QED) is 0.631. The molecular weight excluding hydrogens is 382 g/mol. The highest BCUT2D eigenvalue weighted by Gasteiger charge is 2.11. The van der Waals surface area contributed by atoms with Crippen LogP contribution < -0.4 is 5.32 Å². The molecule has 0 amide bonds. The molecule has 0 aliphatic rings. The standard InChI is InChI=1S/C15H14BrN3OS2/c1-9-17-7-13(22-9)12-8-21-15(18-12)19-14(20)6-10-2-4-11(16)5-3-10/h2-5,7-8,14,20H,6H2,1H3,(H,18,19). The van der Waals surface area contributed by atoms with Crippen LogP contribution in [0.2, 0.25) is 0 Å². The van der Waals surface area contributed by atoms with Crippen molar-refractivity contribution in [2.75, 3.05) is 5.32 Å². The lowest BCUT2D eigenvalue weighted by Gasteiger charge is -2.11. The number of nitrogens with zero attached hydrogens (tertiary/aromatic N) is 2. The molecule has 2 N–H and O–H groups in total. The molecule has 0 bridgehead atoms. The molecule has 7 heteroatoms. The third-order valence-electron chi connectivity index (χ3n) is 3.01. The fourth-order valence-corrected chi connectivity index (χ4v) is 3.81. The Kier molecular flexibility index (Phi) is 4.87. The van der Waals surface area contributed by atoms with Gasteiger partial charge in [-0.1, -0.05) is 28.1 Å². The number of benzene rings is 1. The van der Waals surface area contributed by atoms with Gasteiger partial charge < -0.3 is 10.4 Å². The molecule has 3 rings (SSSR count). The summed E-state index contributed by atoms with van der Waals surface area (Å²) in [6, 6.07) is 7.91. The molecule has 0 spiro atoms. The summed E-state index contributed by atoms with van der Waals surface area (Å²) in [5, 5.41) is 16.9. The van der Waals surface area contributed by atoms with E-state index in [1.54, 1.807) is 11.3 Å². The molecule has 0 aliphatic heterocycles. The number of anilines is 1. The number of halogens is 1. The molecule has 2 heterocycles. The number of rotatable bonds is 5. The summed E-state index contributed by atoms with van der Waals surface area (Å²) in [5.41, 5.74) is 1.96. The van der Waals surface area contributed by atoms with Crippen molar-refractivity contribution < 1.29 is 5.11 Å². The SMILES string of the molecule is Cc1ncc(-c2csc(NC(O)Cc3ccc(Br)cc3)n2)s1. The third-order valence-corrected chi connectivity index (χ3v) is 5.25. The summed E-state index contributed by atoms with van der Waals surface area (Å²) in [5.74, 6) is 0. The van der Waals surface area contributed by atoms with E-state index in [0.29, 0.717) is 11.6 Å². The van der Waals surface area contributed by atoms with E-state index in [1.807, 2.05) is 42.8 Å². The summed E-state index contributed by atoms with van der Waals surface area (Å²) < 4.78 is 1.03. The van der Waals surface area contributed by atoms with Gasteiger partial charge in [-0.2, -0.15) is 0 Å². The van der Waals surface area contributed by atoms with Gasteiger partial charge in [0, 0.05) is 22.5 Å². The predicted octanol–water partition coefficient (Wildman–Crippen LogP) is 4.31. The summed E-state index contributed by atoms with van der Waals surface area (Å²) in [6.07, 6.45) is 1.70. The number of aliphatic hydroxyl groups excluding tert-OH is 1. The summed E-state index contributed by atoms with van der Waals surface area (Å²) >= 11 is 6.50. The molecule has 0 saturated carbocycles. The molecule has 1 atom stereocenters. The summed E-state index contributed by atoms with van der Waals surface area (Å²) in [6.45, 7) is 1.97. The first-order valence-corrected chi connectivity index (χ1v) is 9.16. The molecule has 3 aromatic rings. The van der Waals surface area contributed by atoms with Gasteiger partial charge in [0.25, 0.3) is 0 Å². The average Bonchev–Trinajstić information content (AvgIpc) is 3.10. The molecule has 0 fully saturated rings. The van der Waals surface area contributed by atoms with Gasteiger partial charge in [0.1, 0.15) is 6.23 Å². The number of aryl methyl sites for hydroxylation is 1. The van der Waals surface area contributed by atoms with E-state index >= 15 is 0 Å². The Labute approximate surface area is 145 Å². The number of aliphatic hydroxyl groups is 1. The molecule has 0 aliphatic carbocycles. The van der Waals surface area contributed by atoms with Crippen molar-refractivity contribution in [3.63, 3.8) is 0 Å². The minimum absolute atomic E-state index is 0.530. The van der Waals surface area contributed by atoms with E-state index in [1.165, 1.54) is 11.3 Å². The highest BCUT2D eigenvalue weighted by atomic mass is 79.9. The first-order chi connectivity index (χ1) is 10.6. The Morgan fingerprint density at radius 3 is 2.77 bits per heavy atom. The second-order valence-corrected chi connectivity index (χ2v) is 7.78. The Bertz CT molecular complexity index is 754. The van der Waals surface area contributed by atoms with Crippen LogP contribution in [0.4, 0.5) is 5.13 Å². The lowest BCUT2D eigenvalue weighted by molar-refractivity contribution is 0.204. The number of thiazole rings is 2. The van der Waals surface area contributed by atoms with Gasteiger partial charge in [-0.3, -0.25) is 0 Å². The zero-order valence-electron chi connectivity index (χ0n) is 11.8. The van der Waals surface area contributed by atoms with Crippen LogP contribution in [0, 0.1) is 6.92 Å². The fourth-order valence-electron chi connectivity index (χ4n) is 1.97. The largest absolute Gasteiger partial charge is 0.373 e. The van der Waals surface area contributed by atoms with Crippen LogP contribution in [0.25, 0.3) is 10.6 Å². The van der Waals surface area contributed by atoms with Gasteiger partial charge >= 0.3 is 0 Å². The van der Waals surface area contributed by atoms with Crippen molar-refractivity contribution in [2.45, 2.75) is 19.6 Å². The van der Waals surface area contributed by atoms with Crippen LogP contribution in [0.1, 0.15) is 10.6 Å². The maximum atomic E-state index is 10.1. The van der Waals surface area contributed by atoms with Crippen LogP contribution in [0.5, 0.6) is 0 Å². The van der Waals surface area contributed by atoms with E-state index in [0.717, 1.165) is 25.6 Å². The minimum Gasteiger partial charge on any atom is -0.373 e. The van der Waals surface area contributed by atoms with Crippen LogP contribution in [-0.2, 0) is 6.42 Å². The van der Waals surface area contributed by atoms with Crippen molar-refractivity contribution in [3.8, 4) is 10.6 Å². The average molecular weight is 396 g/mol. The number of hydrogen-bond donors (Lipinski definition) is 2. The van der Waals surface area contributed by atoms with Crippen molar-refractivity contribution in [3.05, 3.63) is 50.9 Å². The lowest BCUT2D eigenvalue weighted by Crippen LogP contribution is -2.21. The van der Waals surface area contributed by atoms with E-state index < -0.39 is 6.23 Å². The maximum absolute atomic E-state index is 10.1. The maximum Gasteiger partial charge on any atom is 0.185 e. The molecule has 0 saturated heterocycles. The topological polar surface area (TPSA) is 58.0 Å². The molecule has 1 unspecified atom stereocenters. The highest BCUT2D eigenvalue weighted by molar-refractivity contribution is 9.10. The Balaban J connectivity index is 1.63. The smallest absolute Gasteiger partial charge is 0.185 e. The zero-order chi connectivity index (χ0) is 15.5. The molecular formula is C15H14BrN3OS2. The normalized spacial score (nSPS) is 12.3. The third kappa shape index (κ3) is 3.92. The number of aromatic nitrogens is 2. The number of hydrogen-bond acceptors (Lipinski definition) is 6. The molecule has 22 heavy (non-hydrogen) atoms. The van der Waals surface area contributed by atoms with Gasteiger partial charge in [0.15, 0.2) is 5.13 Å². The Morgan fingerprint density at radius 1 is 1.32 bits per heavy atom. The van der Waals surface area contributed by atoms with E-state index in [2.05, 4.69) is 31.2 Å². The molecule has 1 aromatic carbocycles. The second-order valence-electron chi connectivity index (χ2n) is 4.77. The Hall–Kier alpha value is -1.28. The molecule has 2 aromatic heterocycles. The van der Waals surface area contributed by atoms with Crippen LogP contribution in [0.3, 0.4) is 0 Å². The van der Waals surface area contributed by atoms with Crippen LogP contribution >= 0.6 is 38.6 Å². The van der Waals surface area contributed by atoms with Gasteiger partial charge in [-0.25, -0.2) is 9.97 Å². The van der Waals surface area contributed by atoms with Gasteiger partial charge in [0.2, 0.25) is 0 Å². The monoisotopic (exact) mass is 395 g/mol.